The van der Waals surface area contributed by atoms with Gasteiger partial charge in [-0.05, 0) is 58.9 Å². The van der Waals surface area contributed by atoms with E-state index >= 15 is 4.39 Å². The molecule has 0 aliphatic carbocycles. The first kappa shape index (κ1) is 28.1. The summed E-state index contributed by atoms with van der Waals surface area (Å²) in [6, 6.07) is 5.21. The molecule has 0 radical (unpaired) electrons. The molecule has 0 spiro atoms. The number of amides is 2. The third kappa shape index (κ3) is 6.27. The topological polar surface area (TPSA) is 105 Å². The normalized spacial score (nSPS) is 12.8. The molecule has 0 aliphatic heterocycles. The fourth-order valence-electron chi connectivity index (χ4n) is 3.53. The lowest BCUT2D eigenvalue weighted by Gasteiger charge is -2.26. The van der Waals surface area contributed by atoms with Crippen molar-refractivity contribution >= 4 is 50.4 Å². The van der Waals surface area contributed by atoms with Crippen LogP contribution in [0.25, 0.3) is 10.8 Å². The van der Waals surface area contributed by atoms with E-state index in [9.17, 15) is 27.9 Å². The number of ether oxygens (including phenoxy) is 1. The molecule has 0 fully saturated rings. The number of rotatable bonds is 4. The highest BCUT2D eigenvalue weighted by atomic mass is 79.9. The molecule has 3 rings (SSSR count). The van der Waals surface area contributed by atoms with E-state index in [1.165, 1.54) is 27.7 Å². The summed E-state index contributed by atoms with van der Waals surface area (Å²) in [5, 5.41) is 21.8. The number of imide groups is 1. The van der Waals surface area contributed by atoms with Gasteiger partial charge in [-0.15, -0.1) is 5.10 Å². The second kappa shape index (κ2) is 10.1. The van der Waals surface area contributed by atoms with Crippen molar-refractivity contribution in [1.82, 2.24) is 10.2 Å². The van der Waals surface area contributed by atoms with Gasteiger partial charge >= 0.3 is 18.4 Å². The first-order valence-corrected chi connectivity index (χ1v) is 11.6. The van der Waals surface area contributed by atoms with Crippen LogP contribution in [0.2, 0.25) is 0 Å². The number of carbonyl (C=O) groups excluding carboxylic acids is 1. The van der Waals surface area contributed by atoms with Gasteiger partial charge in [-0.1, -0.05) is 22.0 Å². The molecule has 2 amide bonds. The quantitative estimate of drug-likeness (QED) is 0.306. The molecule has 1 atom stereocenters. The van der Waals surface area contributed by atoms with Gasteiger partial charge < -0.3 is 15.2 Å². The monoisotopic (exact) mass is 586 g/mol. The molecule has 13 heteroatoms. The Morgan fingerprint density at radius 2 is 1.76 bits per heavy atom. The molecule has 2 aromatic carbocycles. The largest absolute Gasteiger partial charge is 0.464 e. The van der Waals surface area contributed by atoms with Gasteiger partial charge in [0.05, 0.1) is 23.0 Å². The van der Waals surface area contributed by atoms with Crippen molar-refractivity contribution in [1.29, 1.82) is 0 Å². The van der Waals surface area contributed by atoms with Crippen molar-refractivity contribution in [3.05, 3.63) is 57.4 Å². The van der Waals surface area contributed by atoms with Crippen molar-refractivity contribution in [2.24, 2.45) is 0 Å². The number of fused-ring (bicyclic) bond motifs is 1. The van der Waals surface area contributed by atoms with Crippen LogP contribution in [0.15, 0.2) is 34.8 Å². The van der Waals surface area contributed by atoms with Gasteiger partial charge in [-0.2, -0.15) is 23.2 Å². The molecule has 8 nitrogen and oxygen atoms in total. The highest BCUT2D eigenvalue weighted by molar-refractivity contribution is 9.10. The molecule has 0 saturated carbocycles. The van der Waals surface area contributed by atoms with Gasteiger partial charge in [0.1, 0.15) is 11.4 Å². The SMILES string of the molecule is Cc1nnc(N[C@H](C)c2cc(N(C(=O)O)C(=O)OC(C)(C)C)cc(C(F)(F)F)c2F)c2cc(Br)ccc12. The van der Waals surface area contributed by atoms with Crippen LogP contribution in [-0.4, -0.2) is 33.1 Å². The number of nitrogens with zero attached hydrogens (tertiary/aromatic N) is 3. The molecular formula is C24H23BrF4N4O4. The summed E-state index contributed by atoms with van der Waals surface area (Å²) in [4.78, 5) is 24.4. The standard InChI is InChI=1S/C24H23BrF4N4O4/c1-11(30-20-17-8-13(25)6-7-15(17)12(2)31-32-20)16-9-14(10-18(19(16)26)24(27,28)29)33(21(34)35)22(36)37-23(3,4)5/h6-11H,1-5H3,(H,30,32)(H,34,35)/t11-/m1/s1. The van der Waals surface area contributed by atoms with Crippen LogP contribution in [0.5, 0.6) is 0 Å². The molecule has 37 heavy (non-hydrogen) atoms. The maximum absolute atomic E-state index is 15.2. The number of halogens is 5. The van der Waals surface area contributed by atoms with Crippen LogP contribution in [0.3, 0.4) is 0 Å². The number of anilines is 2. The van der Waals surface area contributed by atoms with E-state index < -0.39 is 52.6 Å². The van der Waals surface area contributed by atoms with E-state index in [0.717, 1.165) is 6.07 Å². The highest BCUT2D eigenvalue weighted by Gasteiger charge is 2.39. The first-order valence-electron chi connectivity index (χ1n) is 10.9. The van der Waals surface area contributed by atoms with Crippen LogP contribution in [-0.2, 0) is 10.9 Å². The Hall–Kier alpha value is -3.48. The average molecular weight is 587 g/mol. The second-order valence-corrected chi connectivity index (χ2v) is 10.1. The zero-order valence-corrected chi connectivity index (χ0v) is 22.0. The van der Waals surface area contributed by atoms with Crippen molar-refractivity contribution in [3.8, 4) is 0 Å². The van der Waals surface area contributed by atoms with Gasteiger partial charge in [0.15, 0.2) is 5.82 Å². The number of benzene rings is 2. The minimum atomic E-state index is -5.19. The molecule has 2 N–H and O–H groups in total. The summed E-state index contributed by atoms with van der Waals surface area (Å²) >= 11 is 3.35. The Labute approximate surface area is 217 Å². The summed E-state index contributed by atoms with van der Waals surface area (Å²) in [5.41, 5.74) is -3.57. The van der Waals surface area contributed by atoms with Crippen molar-refractivity contribution in [2.75, 3.05) is 10.2 Å². The number of alkyl halides is 3. The summed E-state index contributed by atoms with van der Waals surface area (Å²) in [5.74, 6) is -1.47. The number of nitrogens with one attached hydrogen (secondary N) is 1. The van der Waals surface area contributed by atoms with Crippen molar-refractivity contribution in [2.45, 2.75) is 52.4 Å². The third-order valence-corrected chi connectivity index (χ3v) is 5.66. The number of aryl methyl sites for hydroxylation is 1. The summed E-state index contributed by atoms with van der Waals surface area (Å²) in [6.07, 6.45) is -8.53. The van der Waals surface area contributed by atoms with Crippen molar-refractivity contribution < 1.29 is 37.0 Å². The lowest BCUT2D eigenvalue weighted by molar-refractivity contribution is -0.140. The zero-order valence-electron chi connectivity index (χ0n) is 20.4. The van der Waals surface area contributed by atoms with Crippen LogP contribution in [0.4, 0.5) is 38.7 Å². The molecule has 0 saturated heterocycles. The Morgan fingerprint density at radius 1 is 1.11 bits per heavy atom. The van der Waals surface area contributed by atoms with Crippen molar-refractivity contribution in [3.63, 3.8) is 0 Å². The van der Waals surface area contributed by atoms with E-state index in [0.29, 0.717) is 20.9 Å². The summed E-state index contributed by atoms with van der Waals surface area (Å²) in [6.45, 7) is 7.47. The Kier molecular flexibility index (Phi) is 7.68. The molecule has 0 unspecified atom stereocenters. The van der Waals surface area contributed by atoms with E-state index in [2.05, 4.69) is 31.4 Å². The predicted octanol–water partition coefficient (Wildman–Crippen LogP) is 7.45. The van der Waals surface area contributed by atoms with E-state index in [1.54, 1.807) is 25.1 Å². The highest BCUT2D eigenvalue weighted by Crippen LogP contribution is 2.39. The number of carboxylic acid groups (broad SMARTS) is 1. The Balaban J connectivity index is 2.15. The molecule has 1 aromatic heterocycles. The third-order valence-electron chi connectivity index (χ3n) is 5.16. The fraction of sp³-hybridized carbons (Fsp3) is 0.333. The number of hydrogen-bond donors (Lipinski definition) is 2. The average Bonchev–Trinajstić information content (AvgIpc) is 2.74. The second-order valence-electron chi connectivity index (χ2n) is 9.18. The number of aromatic nitrogens is 2. The molecule has 0 bridgehead atoms. The zero-order chi connectivity index (χ0) is 27.9. The smallest absolute Gasteiger partial charge is 0.424 e. The number of hydrogen-bond acceptors (Lipinski definition) is 6. The molecule has 1 heterocycles. The predicted molar refractivity (Wildman–Crippen MR) is 132 cm³/mol. The fourth-order valence-corrected chi connectivity index (χ4v) is 3.89. The van der Waals surface area contributed by atoms with Crippen LogP contribution in [0.1, 0.15) is 50.6 Å². The summed E-state index contributed by atoms with van der Waals surface area (Å²) < 4.78 is 62.2. The lowest BCUT2D eigenvalue weighted by atomic mass is 10.0. The van der Waals surface area contributed by atoms with Crippen LogP contribution < -0.4 is 10.2 Å². The first-order chi connectivity index (χ1) is 17.0. The minimum Gasteiger partial charge on any atom is -0.464 e. The molecular weight excluding hydrogens is 564 g/mol. The molecule has 0 aliphatic rings. The van der Waals surface area contributed by atoms with Crippen LogP contribution >= 0.6 is 15.9 Å². The molecule has 3 aromatic rings. The van der Waals surface area contributed by atoms with E-state index in [-0.39, 0.29) is 16.8 Å². The lowest BCUT2D eigenvalue weighted by Crippen LogP contribution is -2.40. The molecule has 198 valence electrons. The van der Waals surface area contributed by atoms with Gasteiger partial charge in [0.2, 0.25) is 0 Å². The van der Waals surface area contributed by atoms with Gasteiger partial charge in [0.25, 0.3) is 0 Å². The van der Waals surface area contributed by atoms with E-state index in [1.807, 2.05) is 0 Å². The maximum atomic E-state index is 15.2. The van der Waals surface area contributed by atoms with E-state index in [4.69, 9.17) is 4.74 Å². The maximum Gasteiger partial charge on any atom is 0.424 e. The summed E-state index contributed by atoms with van der Waals surface area (Å²) in [7, 11) is 0. The van der Waals surface area contributed by atoms with Gasteiger partial charge in [0, 0.05) is 20.8 Å². The van der Waals surface area contributed by atoms with Gasteiger partial charge in [-0.3, -0.25) is 0 Å². The Morgan fingerprint density at radius 3 is 2.32 bits per heavy atom. The Bertz CT molecular complexity index is 1380. The van der Waals surface area contributed by atoms with Gasteiger partial charge in [-0.25, -0.2) is 14.0 Å². The van der Waals surface area contributed by atoms with Crippen LogP contribution in [0, 0.1) is 12.7 Å². The number of carbonyl (C=O) groups is 2. The minimum absolute atomic E-state index is 0.00561.